The van der Waals surface area contributed by atoms with E-state index in [4.69, 9.17) is 10.5 Å². The molecule has 0 saturated carbocycles. The number of hydrogen-bond donors (Lipinski definition) is 2. The minimum absolute atomic E-state index is 0.179. The van der Waals surface area contributed by atoms with Crippen LogP contribution in [0.4, 0.5) is 0 Å². The molecule has 3 nitrogen and oxygen atoms in total. The van der Waals surface area contributed by atoms with E-state index in [2.05, 4.69) is 49.3 Å². The molecule has 2 unspecified atom stereocenters. The van der Waals surface area contributed by atoms with E-state index in [-0.39, 0.29) is 6.04 Å². The Morgan fingerprint density at radius 3 is 2.83 bits per heavy atom. The molecule has 0 aromatic heterocycles. The third-order valence-corrected chi connectivity index (χ3v) is 5.08. The van der Waals surface area contributed by atoms with Crippen molar-refractivity contribution in [3.05, 3.63) is 32.7 Å². The van der Waals surface area contributed by atoms with Gasteiger partial charge in [-0.2, -0.15) is 0 Å². The van der Waals surface area contributed by atoms with Crippen LogP contribution in [0.3, 0.4) is 0 Å². The van der Waals surface area contributed by atoms with Crippen LogP contribution in [0.5, 0.6) is 0 Å². The highest BCUT2D eigenvalue weighted by molar-refractivity contribution is 9.13. The van der Waals surface area contributed by atoms with Crippen molar-refractivity contribution in [2.24, 2.45) is 5.73 Å². The Bertz CT molecular complexity index is 395. The average molecular weight is 378 g/mol. The normalized spacial score (nSPS) is 21.2. The highest BCUT2D eigenvalue weighted by Crippen LogP contribution is 2.26. The first-order valence-electron chi connectivity index (χ1n) is 6.20. The molecule has 2 rings (SSSR count). The summed E-state index contributed by atoms with van der Waals surface area (Å²) >= 11 is 7.00. The molecule has 1 aromatic rings. The van der Waals surface area contributed by atoms with Gasteiger partial charge in [0.05, 0.1) is 6.10 Å². The predicted molar refractivity (Wildman–Crippen MR) is 80.6 cm³/mol. The Kier molecular flexibility index (Phi) is 5.63. The summed E-state index contributed by atoms with van der Waals surface area (Å²) < 4.78 is 7.72. The Labute approximate surface area is 125 Å². The van der Waals surface area contributed by atoms with Crippen molar-refractivity contribution in [3.63, 3.8) is 0 Å². The van der Waals surface area contributed by atoms with Gasteiger partial charge in [-0.15, -0.1) is 0 Å². The molecular formula is C13H18Br2N2O. The van der Waals surface area contributed by atoms with Crippen molar-refractivity contribution >= 4 is 31.9 Å². The van der Waals surface area contributed by atoms with Crippen LogP contribution in [0, 0.1) is 0 Å². The molecule has 0 aliphatic carbocycles. The number of ether oxygens (including phenoxy) is 1. The zero-order valence-corrected chi connectivity index (χ0v) is 13.3. The molecule has 1 fully saturated rings. The number of rotatable bonds is 5. The van der Waals surface area contributed by atoms with Gasteiger partial charge in [0.25, 0.3) is 0 Å². The molecule has 0 bridgehead atoms. The van der Waals surface area contributed by atoms with Gasteiger partial charge in [0.2, 0.25) is 0 Å². The number of nitrogens with two attached hydrogens (primary N) is 1. The first-order valence-corrected chi connectivity index (χ1v) is 7.79. The van der Waals surface area contributed by atoms with Crippen LogP contribution in [0.2, 0.25) is 0 Å². The molecule has 0 spiro atoms. The fourth-order valence-corrected chi connectivity index (χ4v) is 2.79. The maximum atomic E-state index is 5.85. The molecule has 100 valence electrons. The maximum Gasteiger partial charge on any atom is 0.0700 e. The van der Waals surface area contributed by atoms with E-state index in [0.717, 1.165) is 28.5 Å². The SMILES string of the molecule is NCC(NCC1CCCO1)c1ccc(Br)c(Br)c1. The number of halogens is 2. The molecular weight excluding hydrogens is 360 g/mol. The zero-order chi connectivity index (χ0) is 13.0. The first kappa shape index (κ1) is 14.5. The summed E-state index contributed by atoms with van der Waals surface area (Å²) in [6.45, 7) is 2.35. The fraction of sp³-hybridized carbons (Fsp3) is 0.538. The van der Waals surface area contributed by atoms with Gasteiger partial charge in [-0.05, 0) is 62.4 Å². The van der Waals surface area contributed by atoms with Crippen LogP contribution in [-0.2, 0) is 4.74 Å². The molecule has 18 heavy (non-hydrogen) atoms. The number of hydrogen-bond acceptors (Lipinski definition) is 3. The number of nitrogens with one attached hydrogen (secondary N) is 1. The molecule has 1 aromatic carbocycles. The maximum absolute atomic E-state index is 5.85. The van der Waals surface area contributed by atoms with E-state index in [1.54, 1.807) is 0 Å². The third-order valence-electron chi connectivity index (χ3n) is 3.20. The van der Waals surface area contributed by atoms with Gasteiger partial charge in [-0.25, -0.2) is 0 Å². The van der Waals surface area contributed by atoms with E-state index in [1.807, 2.05) is 6.07 Å². The summed E-state index contributed by atoms with van der Waals surface area (Å²) in [5.41, 5.74) is 7.05. The summed E-state index contributed by atoms with van der Waals surface area (Å²) in [7, 11) is 0. The van der Waals surface area contributed by atoms with Crippen LogP contribution < -0.4 is 11.1 Å². The first-order chi connectivity index (χ1) is 8.70. The monoisotopic (exact) mass is 376 g/mol. The summed E-state index contributed by atoms with van der Waals surface area (Å²) in [5.74, 6) is 0. The minimum Gasteiger partial charge on any atom is -0.377 e. The highest BCUT2D eigenvalue weighted by atomic mass is 79.9. The van der Waals surface area contributed by atoms with Crippen LogP contribution >= 0.6 is 31.9 Å². The molecule has 0 radical (unpaired) electrons. The second-order valence-corrected chi connectivity index (χ2v) is 6.21. The highest BCUT2D eigenvalue weighted by Gasteiger charge is 2.17. The Hall–Kier alpha value is 0.0600. The number of benzene rings is 1. The van der Waals surface area contributed by atoms with Crippen molar-refractivity contribution in [3.8, 4) is 0 Å². The fourth-order valence-electron chi connectivity index (χ4n) is 2.15. The van der Waals surface area contributed by atoms with Crippen LogP contribution in [0.1, 0.15) is 24.4 Å². The van der Waals surface area contributed by atoms with E-state index < -0.39 is 0 Å². The van der Waals surface area contributed by atoms with Crippen molar-refractivity contribution in [2.45, 2.75) is 25.0 Å². The molecule has 1 heterocycles. The van der Waals surface area contributed by atoms with Gasteiger partial charge in [0.15, 0.2) is 0 Å². The lowest BCUT2D eigenvalue weighted by Gasteiger charge is -2.20. The van der Waals surface area contributed by atoms with Crippen molar-refractivity contribution in [1.82, 2.24) is 5.32 Å². The van der Waals surface area contributed by atoms with Gasteiger partial charge < -0.3 is 15.8 Å². The van der Waals surface area contributed by atoms with E-state index in [1.165, 1.54) is 12.0 Å². The molecule has 1 saturated heterocycles. The second-order valence-electron chi connectivity index (χ2n) is 4.51. The molecule has 2 atom stereocenters. The van der Waals surface area contributed by atoms with Crippen molar-refractivity contribution in [2.75, 3.05) is 19.7 Å². The quantitative estimate of drug-likeness (QED) is 0.829. The molecule has 0 amide bonds. The summed E-state index contributed by atoms with van der Waals surface area (Å²) in [6, 6.07) is 6.41. The molecule has 5 heteroatoms. The lowest BCUT2D eigenvalue weighted by atomic mass is 10.1. The van der Waals surface area contributed by atoms with Gasteiger partial charge >= 0.3 is 0 Å². The third kappa shape index (κ3) is 3.78. The van der Waals surface area contributed by atoms with E-state index >= 15 is 0 Å². The Morgan fingerprint density at radius 2 is 2.22 bits per heavy atom. The van der Waals surface area contributed by atoms with Crippen LogP contribution in [-0.4, -0.2) is 25.8 Å². The summed E-state index contributed by atoms with van der Waals surface area (Å²) in [4.78, 5) is 0. The lowest BCUT2D eigenvalue weighted by Crippen LogP contribution is -2.34. The van der Waals surface area contributed by atoms with Gasteiger partial charge in [0, 0.05) is 34.7 Å². The van der Waals surface area contributed by atoms with Gasteiger partial charge in [0.1, 0.15) is 0 Å². The van der Waals surface area contributed by atoms with Gasteiger partial charge in [-0.3, -0.25) is 0 Å². The van der Waals surface area contributed by atoms with E-state index in [0.29, 0.717) is 12.6 Å². The molecule has 3 N–H and O–H groups in total. The van der Waals surface area contributed by atoms with Crippen molar-refractivity contribution < 1.29 is 4.74 Å². The van der Waals surface area contributed by atoms with Crippen LogP contribution in [0.15, 0.2) is 27.1 Å². The topological polar surface area (TPSA) is 47.3 Å². The summed E-state index contributed by atoms with van der Waals surface area (Å²) in [5, 5.41) is 3.49. The van der Waals surface area contributed by atoms with Crippen LogP contribution in [0.25, 0.3) is 0 Å². The Morgan fingerprint density at radius 1 is 1.39 bits per heavy atom. The lowest BCUT2D eigenvalue weighted by molar-refractivity contribution is 0.107. The second kappa shape index (κ2) is 7.01. The van der Waals surface area contributed by atoms with Crippen molar-refractivity contribution in [1.29, 1.82) is 0 Å². The summed E-state index contributed by atoms with van der Waals surface area (Å²) in [6.07, 6.45) is 2.66. The van der Waals surface area contributed by atoms with E-state index in [9.17, 15) is 0 Å². The zero-order valence-electron chi connectivity index (χ0n) is 10.2. The standard InChI is InChI=1S/C13H18Br2N2O/c14-11-4-3-9(6-12(11)15)13(7-16)17-8-10-2-1-5-18-10/h3-4,6,10,13,17H,1-2,5,7-8,16H2. The molecule has 1 aliphatic rings. The average Bonchev–Trinajstić information content (AvgIpc) is 2.87. The molecule has 1 aliphatic heterocycles. The Balaban J connectivity index is 1.96. The largest absolute Gasteiger partial charge is 0.377 e. The predicted octanol–water partition coefficient (Wildman–Crippen LogP) is 2.98. The smallest absolute Gasteiger partial charge is 0.0700 e. The minimum atomic E-state index is 0.179. The van der Waals surface area contributed by atoms with Gasteiger partial charge in [-0.1, -0.05) is 6.07 Å².